The van der Waals surface area contributed by atoms with Gasteiger partial charge in [0.2, 0.25) is 11.8 Å². The molecular formula is C21H25ClN3O2S+. The predicted octanol–water partition coefficient (Wildman–Crippen LogP) is 2.00. The van der Waals surface area contributed by atoms with Crippen molar-refractivity contribution in [1.29, 1.82) is 0 Å². The second-order valence-electron chi connectivity index (χ2n) is 7.51. The summed E-state index contributed by atoms with van der Waals surface area (Å²) in [6.07, 6.45) is 1.98. The smallest absolute Gasteiger partial charge is 0.227 e. The number of carbonyl (C=O) groups is 2. The van der Waals surface area contributed by atoms with Crippen LogP contribution in [-0.4, -0.2) is 49.4 Å². The Morgan fingerprint density at radius 3 is 2.43 bits per heavy atom. The van der Waals surface area contributed by atoms with Crippen molar-refractivity contribution in [3.05, 3.63) is 51.2 Å². The fraction of sp³-hybridized carbons (Fsp3) is 0.429. The van der Waals surface area contributed by atoms with Crippen LogP contribution in [0.5, 0.6) is 0 Å². The van der Waals surface area contributed by atoms with E-state index in [2.05, 4.69) is 6.07 Å². The number of halogens is 1. The van der Waals surface area contributed by atoms with E-state index in [1.54, 1.807) is 11.3 Å². The molecule has 2 amide bonds. The number of quaternary nitrogens is 1. The number of piperazine rings is 1. The maximum absolute atomic E-state index is 12.7. The number of rotatable bonds is 5. The zero-order valence-electron chi connectivity index (χ0n) is 15.8. The summed E-state index contributed by atoms with van der Waals surface area (Å²) in [5.41, 5.74) is 1.94. The van der Waals surface area contributed by atoms with E-state index in [1.165, 1.54) is 9.78 Å². The molecule has 7 heteroatoms. The molecule has 2 fully saturated rings. The molecule has 28 heavy (non-hydrogen) atoms. The van der Waals surface area contributed by atoms with E-state index in [0.29, 0.717) is 12.8 Å². The number of anilines is 1. The molecule has 2 aliphatic heterocycles. The molecule has 0 bridgehead atoms. The van der Waals surface area contributed by atoms with Crippen LogP contribution in [0.2, 0.25) is 4.34 Å². The Labute approximate surface area is 174 Å². The highest BCUT2D eigenvalue weighted by Crippen LogP contribution is 2.22. The minimum absolute atomic E-state index is 0.184. The molecule has 0 unspecified atom stereocenters. The van der Waals surface area contributed by atoms with Gasteiger partial charge in [-0.15, -0.1) is 11.3 Å². The van der Waals surface area contributed by atoms with Gasteiger partial charge in [0.15, 0.2) is 0 Å². The van der Waals surface area contributed by atoms with Crippen molar-refractivity contribution in [2.45, 2.75) is 25.8 Å². The molecule has 0 saturated carbocycles. The highest BCUT2D eigenvalue weighted by atomic mass is 35.5. The van der Waals surface area contributed by atoms with Gasteiger partial charge >= 0.3 is 0 Å². The van der Waals surface area contributed by atoms with Crippen molar-refractivity contribution >= 4 is 40.4 Å². The monoisotopic (exact) mass is 418 g/mol. The number of hydrogen-bond donors (Lipinski definition) is 1. The number of nitrogens with zero attached hydrogens (tertiary/aromatic N) is 2. The SMILES string of the molecule is O=C(Cc1ccc(N2CCCC2=O)cc1)N1CC[NH+](Cc2ccc(Cl)s2)CC1. The highest BCUT2D eigenvalue weighted by Gasteiger charge is 2.25. The lowest BCUT2D eigenvalue weighted by molar-refractivity contribution is -0.917. The van der Waals surface area contributed by atoms with Crippen molar-refractivity contribution in [2.24, 2.45) is 0 Å². The molecule has 0 spiro atoms. The van der Waals surface area contributed by atoms with Crippen LogP contribution in [0.1, 0.15) is 23.3 Å². The molecule has 0 aliphatic carbocycles. The van der Waals surface area contributed by atoms with E-state index < -0.39 is 0 Å². The van der Waals surface area contributed by atoms with Gasteiger partial charge in [-0.05, 0) is 36.2 Å². The van der Waals surface area contributed by atoms with E-state index in [-0.39, 0.29) is 11.8 Å². The van der Waals surface area contributed by atoms with E-state index in [0.717, 1.165) is 61.3 Å². The lowest BCUT2D eigenvalue weighted by Crippen LogP contribution is -3.13. The van der Waals surface area contributed by atoms with Crippen LogP contribution >= 0.6 is 22.9 Å². The quantitative estimate of drug-likeness (QED) is 0.807. The van der Waals surface area contributed by atoms with E-state index in [4.69, 9.17) is 11.6 Å². The van der Waals surface area contributed by atoms with Crippen LogP contribution in [0.4, 0.5) is 5.69 Å². The number of thiophene rings is 1. The molecule has 0 atom stereocenters. The van der Waals surface area contributed by atoms with Crippen molar-refractivity contribution in [3.63, 3.8) is 0 Å². The first-order chi connectivity index (χ1) is 13.6. The van der Waals surface area contributed by atoms with Gasteiger partial charge in [0.1, 0.15) is 6.54 Å². The molecule has 1 N–H and O–H groups in total. The van der Waals surface area contributed by atoms with Gasteiger partial charge in [-0.25, -0.2) is 0 Å². The Hall–Kier alpha value is -1.89. The lowest BCUT2D eigenvalue weighted by atomic mass is 10.1. The predicted molar refractivity (Wildman–Crippen MR) is 112 cm³/mol. The van der Waals surface area contributed by atoms with Crippen LogP contribution < -0.4 is 9.80 Å². The van der Waals surface area contributed by atoms with Gasteiger partial charge < -0.3 is 14.7 Å². The maximum Gasteiger partial charge on any atom is 0.227 e. The summed E-state index contributed by atoms with van der Waals surface area (Å²) < 4.78 is 0.836. The lowest BCUT2D eigenvalue weighted by Gasteiger charge is -2.32. The third-order valence-electron chi connectivity index (χ3n) is 5.55. The van der Waals surface area contributed by atoms with Crippen LogP contribution in [0, 0.1) is 0 Å². The molecule has 0 radical (unpaired) electrons. The normalized spacial score (nSPS) is 18.1. The Bertz CT molecular complexity index is 844. The van der Waals surface area contributed by atoms with Gasteiger partial charge in [0, 0.05) is 18.7 Å². The van der Waals surface area contributed by atoms with Gasteiger partial charge in [0.25, 0.3) is 0 Å². The van der Waals surface area contributed by atoms with Crippen LogP contribution in [0.25, 0.3) is 0 Å². The topological polar surface area (TPSA) is 45.1 Å². The minimum Gasteiger partial charge on any atom is -0.331 e. The average Bonchev–Trinajstić information content (AvgIpc) is 3.31. The summed E-state index contributed by atoms with van der Waals surface area (Å²) in [6, 6.07) is 11.9. The Morgan fingerprint density at radius 1 is 1.07 bits per heavy atom. The fourth-order valence-corrected chi connectivity index (χ4v) is 5.10. The van der Waals surface area contributed by atoms with Crippen molar-refractivity contribution in [2.75, 3.05) is 37.6 Å². The van der Waals surface area contributed by atoms with Crippen molar-refractivity contribution in [3.8, 4) is 0 Å². The Morgan fingerprint density at radius 2 is 1.82 bits per heavy atom. The molecule has 5 nitrogen and oxygen atoms in total. The molecule has 2 saturated heterocycles. The Balaban J connectivity index is 1.27. The van der Waals surface area contributed by atoms with E-state index in [1.807, 2.05) is 40.1 Å². The number of nitrogens with one attached hydrogen (secondary N) is 1. The van der Waals surface area contributed by atoms with E-state index >= 15 is 0 Å². The largest absolute Gasteiger partial charge is 0.331 e. The van der Waals surface area contributed by atoms with Crippen LogP contribution in [0.15, 0.2) is 36.4 Å². The molecular weight excluding hydrogens is 394 g/mol. The molecule has 1 aromatic carbocycles. The van der Waals surface area contributed by atoms with Crippen molar-refractivity contribution < 1.29 is 14.5 Å². The molecule has 2 aliphatic rings. The van der Waals surface area contributed by atoms with Gasteiger partial charge in [0.05, 0.1) is 41.8 Å². The summed E-state index contributed by atoms with van der Waals surface area (Å²) in [4.78, 5) is 31.1. The standard InChI is InChI=1S/C21H24ClN3O2S/c22-19-8-7-18(28-19)15-23-10-12-24(13-11-23)21(27)14-16-3-5-17(6-4-16)25-9-1-2-20(25)26/h3-8H,1-2,9-15H2/p+1. The first-order valence-electron chi connectivity index (χ1n) is 9.83. The number of hydrogen-bond acceptors (Lipinski definition) is 3. The van der Waals surface area contributed by atoms with Gasteiger partial charge in [-0.3, -0.25) is 9.59 Å². The summed E-state index contributed by atoms with van der Waals surface area (Å²) >= 11 is 7.65. The van der Waals surface area contributed by atoms with Gasteiger partial charge in [-0.1, -0.05) is 23.7 Å². The summed E-state index contributed by atoms with van der Waals surface area (Å²) in [5.74, 6) is 0.372. The molecule has 148 valence electrons. The molecule has 2 aromatic rings. The number of amides is 2. The summed E-state index contributed by atoms with van der Waals surface area (Å²) in [6.45, 7) is 5.31. The molecule has 1 aromatic heterocycles. The Kier molecular flexibility index (Phi) is 5.99. The zero-order valence-corrected chi connectivity index (χ0v) is 17.4. The second kappa shape index (κ2) is 8.64. The van der Waals surface area contributed by atoms with Crippen molar-refractivity contribution in [1.82, 2.24) is 4.90 Å². The zero-order chi connectivity index (χ0) is 19.5. The first kappa shape index (κ1) is 19.4. The highest BCUT2D eigenvalue weighted by molar-refractivity contribution is 7.16. The third-order valence-corrected chi connectivity index (χ3v) is 6.78. The van der Waals surface area contributed by atoms with Crippen LogP contribution in [-0.2, 0) is 22.6 Å². The summed E-state index contributed by atoms with van der Waals surface area (Å²) in [5, 5.41) is 0. The third kappa shape index (κ3) is 4.57. The van der Waals surface area contributed by atoms with Gasteiger partial charge in [-0.2, -0.15) is 0 Å². The molecule has 4 rings (SSSR count). The summed E-state index contributed by atoms with van der Waals surface area (Å²) in [7, 11) is 0. The fourth-order valence-electron chi connectivity index (χ4n) is 3.94. The second-order valence-corrected chi connectivity index (χ2v) is 9.31. The number of carbonyl (C=O) groups excluding carboxylic acids is 2. The average molecular weight is 419 g/mol. The van der Waals surface area contributed by atoms with Crippen LogP contribution in [0.3, 0.4) is 0 Å². The maximum atomic E-state index is 12.7. The minimum atomic E-state index is 0.184. The van der Waals surface area contributed by atoms with E-state index in [9.17, 15) is 9.59 Å². The number of benzene rings is 1. The molecule has 3 heterocycles. The first-order valence-corrected chi connectivity index (χ1v) is 11.0.